The molecule has 1 fully saturated rings. The van der Waals surface area contributed by atoms with Crippen molar-refractivity contribution in [3.63, 3.8) is 0 Å². The molecule has 0 aromatic heterocycles. The van der Waals surface area contributed by atoms with Crippen LogP contribution >= 0.6 is 0 Å². The summed E-state index contributed by atoms with van der Waals surface area (Å²) in [6.07, 6.45) is -6.35. The number of phenols is 1. The van der Waals surface area contributed by atoms with E-state index in [0.29, 0.717) is 5.56 Å². The van der Waals surface area contributed by atoms with Crippen molar-refractivity contribution in [2.24, 2.45) is 0 Å². The maximum atomic E-state index is 11.8. The van der Waals surface area contributed by atoms with Gasteiger partial charge in [0, 0.05) is 11.6 Å². The molecule has 162 valence electrons. The zero-order valence-electron chi connectivity index (χ0n) is 15.9. The van der Waals surface area contributed by atoms with Crippen LogP contribution in [0.15, 0.2) is 42.5 Å². The fourth-order valence-electron chi connectivity index (χ4n) is 2.57. The predicted octanol–water partition coefficient (Wildman–Crippen LogP) is -0.787. The predicted molar refractivity (Wildman–Crippen MR) is 101 cm³/mol. The van der Waals surface area contributed by atoms with Gasteiger partial charge in [0.05, 0.1) is 12.7 Å². The molecule has 0 spiro atoms. The smallest absolute Gasteiger partial charge is 0.331 e. The number of aliphatic hydroxyl groups excluding tert-OH is 4. The number of phenolic OH excluding ortho intramolecular Hbond substituents is 1. The highest BCUT2D eigenvalue weighted by molar-refractivity contribution is 5.87. The number of hydrogen-bond donors (Lipinski definition) is 5. The Morgan fingerprint density at radius 1 is 1.23 bits per heavy atom. The summed E-state index contributed by atoms with van der Waals surface area (Å²) in [4.78, 5) is 11.8. The number of nitrogens with zero attached hydrogens (tertiary/aromatic N) is 1. The molecule has 0 unspecified atom stereocenters. The van der Waals surface area contributed by atoms with Gasteiger partial charge in [0.15, 0.2) is 12.4 Å². The van der Waals surface area contributed by atoms with Crippen LogP contribution in [0.5, 0.6) is 5.75 Å². The van der Waals surface area contributed by atoms with Crippen LogP contribution in [0.4, 0.5) is 0 Å². The lowest BCUT2D eigenvalue weighted by molar-refractivity contribution is -0.304. The van der Waals surface area contributed by atoms with Gasteiger partial charge in [-0.25, -0.2) is 4.79 Å². The second-order valence-corrected chi connectivity index (χ2v) is 6.53. The molecule has 1 aromatic carbocycles. The number of nitriles is 1. The minimum Gasteiger partial charge on any atom is -0.508 e. The third kappa shape index (κ3) is 6.11. The summed E-state index contributed by atoms with van der Waals surface area (Å²) in [5.41, 5.74) is 0.699. The minimum atomic E-state index is -1.68. The minimum absolute atomic E-state index is 0.0424. The van der Waals surface area contributed by atoms with Gasteiger partial charge in [-0.05, 0) is 23.8 Å². The monoisotopic (exact) mass is 421 g/mol. The number of aromatic hydroxyl groups is 1. The molecule has 6 atom stereocenters. The summed E-state index contributed by atoms with van der Waals surface area (Å²) in [7, 11) is 0. The maximum Gasteiger partial charge on any atom is 0.331 e. The van der Waals surface area contributed by atoms with E-state index >= 15 is 0 Å². The molecule has 1 saturated heterocycles. The van der Waals surface area contributed by atoms with E-state index in [2.05, 4.69) is 6.58 Å². The van der Waals surface area contributed by atoms with E-state index in [-0.39, 0.29) is 17.9 Å². The van der Waals surface area contributed by atoms with Gasteiger partial charge in [0.25, 0.3) is 0 Å². The van der Waals surface area contributed by atoms with Crippen LogP contribution in [-0.2, 0) is 19.0 Å². The Morgan fingerprint density at radius 3 is 2.50 bits per heavy atom. The molecule has 1 heterocycles. The molecule has 1 aromatic rings. The number of benzene rings is 1. The molecule has 0 amide bonds. The number of aliphatic hydroxyl groups is 4. The Labute approximate surface area is 172 Å². The molecule has 0 radical (unpaired) electrons. The Balaban J connectivity index is 1.89. The summed E-state index contributed by atoms with van der Waals surface area (Å²) < 4.78 is 15.5. The zero-order valence-corrected chi connectivity index (χ0v) is 15.9. The topological polar surface area (TPSA) is 170 Å². The van der Waals surface area contributed by atoms with Gasteiger partial charge < -0.3 is 39.7 Å². The lowest BCUT2D eigenvalue weighted by Gasteiger charge is -2.40. The van der Waals surface area contributed by atoms with E-state index in [1.165, 1.54) is 18.2 Å². The van der Waals surface area contributed by atoms with Gasteiger partial charge in [-0.15, -0.1) is 0 Å². The second kappa shape index (κ2) is 10.8. The number of carbonyl (C=O) groups is 1. The van der Waals surface area contributed by atoms with Crippen LogP contribution in [0.1, 0.15) is 5.56 Å². The first-order valence-corrected chi connectivity index (χ1v) is 8.94. The lowest BCUT2D eigenvalue weighted by atomic mass is 9.99. The fourth-order valence-corrected chi connectivity index (χ4v) is 2.57. The van der Waals surface area contributed by atoms with Crippen molar-refractivity contribution in [1.82, 2.24) is 0 Å². The van der Waals surface area contributed by atoms with Gasteiger partial charge in [-0.2, -0.15) is 5.26 Å². The Bertz CT molecular complexity index is 799. The molecule has 0 aliphatic carbocycles. The Kier molecular flexibility index (Phi) is 8.49. The molecule has 0 saturated carbocycles. The van der Waals surface area contributed by atoms with Crippen molar-refractivity contribution >= 4 is 12.0 Å². The molecule has 1 aliphatic heterocycles. The number of ether oxygens (including phenoxy) is 3. The van der Waals surface area contributed by atoms with Crippen molar-refractivity contribution in [3.05, 3.63) is 48.1 Å². The average molecular weight is 421 g/mol. The maximum absolute atomic E-state index is 11.8. The zero-order chi connectivity index (χ0) is 22.3. The summed E-state index contributed by atoms with van der Waals surface area (Å²) in [5.74, 6) is -0.623. The highest BCUT2D eigenvalue weighted by Gasteiger charge is 2.45. The first-order valence-electron chi connectivity index (χ1n) is 8.94. The third-order valence-electron chi connectivity index (χ3n) is 4.31. The highest BCUT2D eigenvalue weighted by atomic mass is 16.7. The van der Waals surface area contributed by atoms with E-state index in [4.69, 9.17) is 14.2 Å². The average Bonchev–Trinajstić information content (AvgIpc) is 2.75. The number of esters is 1. The SMILES string of the molecule is C=C(COC(=O)C=Cc1ccc(O)cc1)[C@H](C#N)O[C@@H]1O[C@H](CO)[C@@H](O)[C@H](O)[C@H]1O. The number of hydrogen-bond acceptors (Lipinski definition) is 10. The molecule has 2 rings (SSSR count). The second-order valence-electron chi connectivity index (χ2n) is 6.53. The van der Waals surface area contributed by atoms with Crippen molar-refractivity contribution in [1.29, 1.82) is 5.26 Å². The van der Waals surface area contributed by atoms with Crippen LogP contribution in [0, 0.1) is 11.3 Å². The number of rotatable bonds is 8. The van der Waals surface area contributed by atoms with Crippen molar-refractivity contribution in [3.8, 4) is 11.8 Å². The lowest BCUT2D eigenvalue weighted by Crippen LogP contribution is -2.59. The van der Waals surface area contributed by atoms with E-state index in [1.54, 1.807) is 18.2 Å². The van der Waals surface area contributed by atoms with E-state index in [1.807, 2.05) is 0 Å². The van der Waals surface area contributed by atoms with E-state index in [0.717, 1.165) is 6.08 Å². The first kappa shape index (κ1) is 23.5. The fraction of sp³-hybridized carbons (Fsp3) is 0.400. The van der Waals surface area contributed by atoms with Crippen LogP contribution in [0.2, 0.25) is 0 Å². The van der Waals surface area contributed by atoms with Gasteiger partial charge in [0.2, 0.25) is 0 Å². The van der Waals surface area contributed by atoms with Crippen LogP contribution in [0.3, 0.4) is 0 Å². The Hall–Kier alpha value is -2.78. The summed E-state index contributed by atoms with van der Waals surface area (Å²) in [6, 6.07) is 7.87. The van der Waals surface area contributed by atoms with Crippen molar-refractivity contribution in [2.45, 2.75) is 36.8 Å². The molecule has 5 N–H and O–H groups in total. The summed E-state index contributed by atoms with van der Waals surface area (Å²) in [5, 5.41) is 57.2. The van der Waals surface area contributed by atoms with Gasteiger partial charge in [0.1, 0.15) is 36.8 Å². The van der Waals surface area contributed by atoms with Crippen molar-refractivity contribution in [2.75, 3.05) is 13.2 Å². The van der Waals surface area contributed by atoms with Crippen LogP contribution in [-0.4, -0.2) is 81.5 Å². The molecule has 30 heavy (non-hydrogen) atoms. The standard InChI is InChI=1S/C20H23NO9/c1-11(10-28-16(24)7-4-12-2-5-13(23)6-3-12)14(8-21)29-20-19(27)18(26)17(25)15(9-22)30-20/h2-7,14-15,17-20,22-23,25-27H,1,9-10H2/t14-,15+,17+,18-,19+,20+/m0/s1. The van der Waals surface area contributed by atoms with E-state index < -0.39 is 49.4 Å². The molecule has 0 bridgehead atoms. The normalized spacial score (nSPS) is 27.4. The first-order chi connectivity index (χ1) is 14.3. The van der Waals surface area contributed by atoms with Crippen molar-refractivity contribution < 1.29 is 44.5 Å². The quantitative estimate of drug-likeness (QED) is 0.204. The van der Waals surface area contributed by atoms with Gasteiger partial charge >= 0.3 is 5.97 Å². The Morgan fingerprint density at radius 2 is 1.90 bits per heavy atom. The largest absolute Gasteiger partial charge is 0.508 e. The number of carbonyl (C=O) groups excluding carboxylic acids is 1. The van der Waals surface area contributed by atoms with E-state index in [9.17, 15) is 35.6 Å². The molecule has 10 heteroatoms. The third-order valence-corrected chi connectivity index (χ3v) is 4.31. The molecule has 1 aliphatic rings. The molecule has 10 nitrogen and oxygen atoms in total. The highest BCUT2D eigenvalue weighted by Crippen LogP contribution is 2.24. The van der Waals surface area contributed by atoms with Crippen LogP contribution in [0.25, 0.3) is 6.08 Å². The molecular weight excluding hydrogens is 398 g/mol. The van der Waals surface area contributed by atoms with Crippen LogP contribution < -0.4 is 0 Å². The molecular formula is C20H23NO9. The summed E-state index contributed by atoms with van der Waals surface area (Å²) in [6.45, 7) is 2.60. The van der Waals surface area contributed by atoms with Gasteiger partial charge in [-0.1, -0.05) is 18.7 Å². The van der Waals surface area contributed by atoms with Gasteiger partial charge in [-0.3, -0.25) is 0 Å². The summed E-state index contributed by atoms with van der Waals surface area (Å²) >= 11 is 0.